The summed E-state index contributed by atoms with van der Waals surface area (Å²) in [6.07, 6.45) is -0.0827. The molecule has 6 heteroatoms. The zero-order valence-corrected chi connectivity index (χ0v) is 14.7. The number of anilines is 2. The SMILES string of the molecule is CC[C@@H]1[C@H]2C(=O)N(c3ccc(OC)cc3)C(=O)[C@H]2ON1c1ccccc1. The summed E-state index contributed by atoms with van der Waals surface area (Å²) >= 11 is 0. The van der Waals surface area contributed by atoms with Crippen LogP contribution in [0.3, 0.4) is 0 Å². The fourth-order valence-electron chi connectivity index (χ4n) is 3.72. The molecule has 0 unspecified atom stereocenters. The van der Waals surface area contributed by atoms with Crippen LogP contribution in [0.1, 0.15) is 13.3 Å². The highest BCUT2D eigenvalue weighted by atomic mass is 16.7. The van der Waals surface area contributed by atoms with E-state index in [1.165, 1.54) is 4.90 Å². The number of imide groups is 1. The van der Waals surface area contributed by atoms with Gasteiger partial charge in [0.25, 0.3) is 5.91 Å². The van der Waals surface area contributed by atoms with Crippen LogP contribution in [0.15, 0.2) is 54.6 Å². The van der Waals surface area contributed by atoms with Gasteiger partial charge >= 0.3 is 0 Å². The second-order valence-corrected chi connectivity index (χ2v) is 6.40. The van der Waals surface area contributed by atoms with Crippen molar-refractivity contribution in [2.75, 3.05) is 17.1 Å². The molecule has 0 aliphatic carbocycles. The van der Waals surface area contributed by atoms with Crippen molar-refractivity contribution in [3.63, 3.8) is 0 Å². The number of methoxy groups -OCH3 is 1. The van der Waals surface area contributed by atoms with Crippen LogP contribution in [0.5, 0.6) is 5.75 Å². The Balaban J connectivity index is 1.64. The van der Waals surface area contributed by atoms with Crippen LogP contribution in [0.25, 0.3) is 0 Å². The molecule has 134 valence electrons. The Kier molecular flexibility index (Phi) is 4.12. The van der Waals surface area contributed by atoms with Gasteiger partial charge in [0.15, 0.2) is 6.10 Å². The van der Waals surface area contributed by atoms with Gasteiger partial charge in [-0.1, -0.05) is 25.1 Å². The Morgan fingerprint density at radius 3 is 2.27 bits per heavy atom. The number of nitrogens with zero attached hydrogens (tertiary/aromatic N) is 2. The summed E-state index contributed by atoms with van der Waals surface area (Å²) in [6, 6.07) is 16.3. The normalized spacial score (nSPS) is 24.9. The van der Waals surface area contributed by atoms with Crippen molar-refractivity contribution in [1.82, 2.24) is 0 Å². The van der Waals surface area contributed by atoms with Crippen LogP contribution in [-0.4, -0.2) is 31.1 Å². The minimum absolute atomic E-state index is 0.179. The molecular weight excluding hydrogens is 332 g/mol. The van der Waals surface area contributed by atoms with Crippen molar-refractivity contribution in [2.24, 2.45) is 5.92 Å². The molecule has 2 saturated heterocycles. The third-order valence-corrected chi connectivity index (χ3v) is 5.00. The van der Waals surface area contributed by atoms with Gasteiger partial charge in [-0.15, -0.1) is 0 Å². The molecular formula is C20H20N2O4. The first-order chi connectivity index (χ1) is 12.7. The summed E-state index contributed by atoms with van der Waals surface area (Å²) in [4.78, 5) is 33.2. The number of hydrogen-bond acceptors (Lipinski definition) is 5. The van der Waals surface area contributed by atoms with Gasteiger partial charge in [-0.2, -0.15) is 0 Å². The first-order valence-electron chi connectivity index (χ1n) is 8.68. The number of carbonyl (C=O) groups is 2. The van der Waals surface area contributed by atoms with Crippen LogP contribution in [0, 0.1) is 5.92 Å². The van der Waals surface area contributed by atoms with Gasteiger partial charge in [0.1, 0.15) is 5.75 Å². The van der Waals surface area contributed by atoms with Gasteiger partial charge in [0.2, 0.25) is 5.91 Å². The van der Waals surface area contributed by atoms with E-state index < -0.39 is 12.0 Å². The van der Waals surface area contributed by atoms with Crippen LogP contribution in [-0.2, 0) is 14.4 Å². The predicted molar refractivity (Wildman–Crippen MR) is 96.9 cm³/mol. The molecule has 2 fully saturated rings. The number of ether oxygens (including phenoxy) is 1. The van der Waals surface area contributed by atoms with E-state index in [-0.39, 0.29) is 17.9 Å². The molecule has 6 nitrogen and oxygen atoms in total. The maximum atomic E-state index is 13.1. The van der Waals surface area contributed by atoms with E-state index in [0.717, 1.165) is 5.69 Å². The summed E-state index contributed by atoms with van der Waals surface area (Å²) < 4.78 is 5.14. The molecule has 0 saturated carbocycles. The highest BCUT2D eigenvalue weighted by Gasteiger charge is 2.59. The fourth-order valence-corrected chi connectivity index (χ4v) is 3.72. The quantitative estimate of drug-likeness (QED) is 0.792. The fraction of sp³-hybridized carbons (Fsp3) is 0.300. The van der Waals surface area contributed by atoms with E-state index in [9.17, 15) is 9.59 Å². The minimum atomic E-state index is -0.783. The van der Waals surface area contributed by atoms with E-state index in [0.29, 0.717) is 17.9 Å². The molecule has 0 bridgehead atoms. The molecule has 4 rings (SSSR count). The molecule has 0 N–H and O–H groups in total. The first kappa shape index (κ1) is 16.6. The van der Waals surface area contributed by atoms with Gasteiger partial charge in [-0.3, -0.25) is 14.4 Å². The minimum Gasteiger partial charge on any atom is -0.497 e. The highest BCUT2D eigenvalue weighted by molar-refractivity contribution is 6.23. The number of hydroxylamine groups is 1. The Hall–Kier alpha value is -2.86. The summed E-state index contributed by atoms with van der Waals surface area (Å²) in [5, 5.41) is 1.72. The molecule has 2 aromatic rings. The van der Waals surface area contributed by atoms with Crippen LogP contribution < -0.4 is 14.7 Å². The predicted octanol–water partition coefficient (Wildman–Crippen LogP) is 2.78. The summed E-state index contributed by atoms with van der Waals surface area (Å²) in [5.74, 6) is -0.363. The van der Waals surface area contributed by atoms with Gasteiger partial charge in [0, 0.05) is 0 Å². The number of para-hydroxylation sites is 1. The Morgan fingerprint density at radius 1 is 0.962 bits per heavy atom. The van der Waals surface area contributed by atoms with E-state index in [4.69, 9.17) is 9.57 Å². The summed E-state index contributed by atoms with van der Waals surface area (Å²) in [7, 11) is 1.57. The first-order valence-corrected chi connectivity index (χ1v) is 8.68. The summed E-state index contributed by atoms with van der Waals surface area (Å²) in [6.45, 7) is 2.00. The second-order valence-electron chi connectivity index (χ2n) is 6.40. The molecule has 2 aliphatic heterocycles. The Labute approximate surface area is 151 Å². The number of amides is 2. The Morgan fingerprint density at radius 2 is 1.65 bits per heavy atom. The molecule has 26 heavy (non-hydrogen) atoms. The van der Waals surface area contributed by atoms with Crippen molar-refractivity contribution in [3.05, 3.63) is 54.6 Å². The zero-order valence-electron chi connectivity index (χ0n) is 14.7. The van der Waals surface area contributed by atoms with Crippen molar-refractivity contribution < 1.29 is 19.2 Å². The molecule has 0 aromatic heterocycles. The molecule has 0 radical (unpaired) electrons. The van der Waals surface area contributed by atoms with E-state index in [2.05, 4.69) is 0 Å². The highest BCUT2D eigenvalue weighted by Crippen LogP contribution is 2.41. The molecule has 2 heterocycles. The van der Waals surface area contributed by atoms with Crippen molar-refractivity contribution in [3.8, 4) is 5.75 Å². The Bertz CT molecular complexity index is 821. The summed E-state index contributed by atoms with van der Waals surface area (Å²) in [5.41, 5.74) is 1.39. The topological polar surface area (TPSA) is 59.1 Å². The number of carbonyl (C=O) groups excluding carboxylic acids is 2. The van der Waals surface area contributed by atoms with Gasteiger partial charge in [0.05, 0.1) is 30.4 Å². The maximum absolute atomic E-state index is 13.1. The zero-order chi connectivity index (χ0) is 18.3. The smallest absolute Gasteiger partial charge is 0.266 e. The molecule has 2 aliphatic rings. The second kappa shape index (κ2) is 6.46. The van der Waals surface area contributed by atoms with Crippen LogP contribution in [0.2, 0.25) is 0 Å². The molecule has 0 spiro atoms. The van der Waals surface area contributed by atoms with E-state index in [1.54, 1.807) is 36.4 Å². The lowest BCUT2D eigenvalue weighted by Gasteiger charge is -2.27. The van der Waals surface area contributed by atoms with Gasteiger partial charge in [-0.25, -0.2) is 9.96 Å². The number of benzene rings is 2. The third-order valence-electron chi connectivity index (χ3n) is 5.00. The standard InChI is InChI=1S/C20H20N2O4/c1-3-16-17-18(26-22(16)14-7-5-4-6-8-14)20(24)21(19(17)23)13-9-11-15(25-2)12-10-13/h4-12,16-18H,3H2,1-2H3/t16-,17-,18+/m1/s1. The third kappa shape index (κ3) is 2.45. The molecule has 3 atom stereocenters. The number of hydrogen-bond donors (Lipinski definition) is 0. The average molecular weight is 352 g/mol. The monoisotopic (exact) mass is 352 g/mol. The van der Waals surface area contributed by atoms with Crippen molar-refractivity contribution in [2.45, 2.75) is 25.5 Å². The van der Waals surface area contributed by atoms with Crippen molar-refractivity contribution >= 4 is 23.2 Å². The van der Waals surface area contributed by atoms with Crippen LogP contribution >= 0.6 is 0 Å². The van der Waals surface area contributed by atoms with E-state index in [1.807, 2.05) is 37.3 Å². The maximum Gasteiger partial charge on any atom is 0.266 e. The number of rotatable bonds is 4. The number of fused-ring (bicyclic) bond motifs is 1. The lowest BCUT2D eigenvalue weighted by Crippen LogP contribution is -2.40. The molecule has 2 amide bonds. The van der Waals surface area contributed by atoms with Crippen LogP contribution in [0.4, 0.5) is 11.4 Å². The van der Waals surface area contributed by atoms with Gasteiger partial charge < -0.3 is 4.74 Å². The molecule has 2 aromatic carbocycles. The largest absolute Gasteiger partial charge is 0.497 e. The lowest BCUT2D eigenvalue weighted by molar-refractivity contribution is -0.126. The van der Waals surface area contributed by atoms with E-state index >= 15 is 0 Å². The van der Waals surface area contributed by atoms with Crippen molar-refractivity contribution in [1.29, 1.82) is 0 Å². The average Bonchev–Trinajstić information content (AvgIpc) is 3.19. The van der Waals surface area contributed by atoms with Gasteiger partial charge in [-0.05, 0) is 42.8 Å². The lowest BCUT2D eigenvalue weighted by atomic mass is 9.94.